The number of hydrogen-bond acceptors (Lipinski definition) is 11. The van der Waals surface area contributed by atoms with Crippen LogP contribution in [0.4, 0.5) is 79.4 Å². The Bertz CT molecular complexity index is 1920. The van der Waals surface area contributed by atoms with Crippen molar-refractivity contribution < 1.29 is 137 Å². The lowest BCUT2D eigenvalue weighted by atomic mass is 9.91. The molecule has 2 aliphatic heterocycles. The van der Waals surface area contributed by atoms with E-state index in [0.717, 1.165) is 14.8 Å². The van der Waals surface area contributed by atoms with Crippen LogP contribution in [0, 0.1) is 0 Å². The van der Waals surface area contributed by atoms with Crippen LogP contribution in [-0.4, -0.2) is 234 Å². The van der Waals surface area contributed by atoms with E-state index < -0.39 is 180 Å². The first-order chi connectivity index (χ1) is 29.1. The quantitative estimate of drug-likeness (QED) is 0.0800. The molecule has 17 nitrogen and oxygen atoms in total. The number of aliphatic carboxylic acids is 3. The Labute approximate surface area is 353 Å². The lowest BCUT2D eigenvalue weighted by Crippen LogP contribution is -2.75. The third-order valence-corrected chi connectivity index (χ3v) is 12.3. The topological polar surface area (TPSA) is 222 Å². The predicted molar refractivity (Wildman–Crippen MR) is 177 cm³/mol. The normalized spacial score (nSPS) is 21.8. The number of sulfone groups is 1. The lowest BCUT2D eigenvalue weighted by Gasteiger charge is -2.45. The molecule has 65 heavy (non-hydrogen) atoms. The average molecular weight is 1010 g/mol. The van der Waals surface area contributed by atoms with Crippen LogP contribution >= 0.6 is 0 Å². The van der Waals surface area contributed by atoms with Crippen LogP contribution < -0.4 is 5.32 Å². The first-order valence-electron chi connectivity index (χ1n) is 17.8. The van der Waals surface area contributed by atoms with Crippen molar-refractivity contribution in [2.24, 2.45) is 0 Å². The van der Waals surface area contributed by atoms with E-state index in [4.69, 9.17) is 0 Å². The lowest BCUT2D eigenvalue weighted by molar-refractivity contribution is -0.940. The molecule has 0 aromatic carbocycles. The van der Waals surface area contributed by atoms with Crippen molar-refractivity contribution in [1.29, 1.82) is 0 Å². The summed E-state index contributed by atoms with van der Waals surface area (Å²) in [5.74, 6) is -59.8. The number of carboxylic acids is 3. The van der Waals surface area contributed by atoms with E-state index in [-0.39, 0.29) is 19.6 Å². The summed E-state index contributed by atoms with van der Waals surface area (Å²) in [4.78, 5) is 62.1. The SMILES string of the molecule is O=C=C1CNCC[N+]1(C(=O)O)N1CCN(CC(=O)O)CC[N+](CCS(=O)(=O)C(F)(F)C(F)(F)C(F)(F)C(F)(F)C(F)(F)C(F)(F)C(F)(F)C(F)(F)F)(CC(=O)O)CCN(CC(=O)O)CC1. The van der Waals surface area contributed by atoms with Gasteiger partial charge in [0, 0.05) is 32.7 Å². The van der Waals surface area contributed by atoms with Gasteiger partial charge in [-0.3, -0.25) is 19.4 Å². The standard InChI is InChI=1S/C30H35F17N6O11S/c31-23(32,25(35,36)27(39,40)29(43,44)45)24(33,34)26(37,38)28(41,42)30(46,47)65(63,64)12-11-52(16-21(59)60)9-6-49(14-19(55)56)2-4-51(5-3-50(7-10-52)15-20(57)58)53(22(61)62)8-1-48-13-18(53)17-54/h48H,1-16H2,(H2-2,55,56,57,58,59,60,61,62)/p+2. The minimum Gasteiger partial charge on any atom is -0.480 e. The van der Waals surface area contributed by atoms with Crippen molar-refractivity contribution in [3.8, 4) is 0 Å². The van der Waals surface area contributed by atoms with Crippen molar-refractivity contribution in [3.05, 3.63) is 5.70 Å². The maximum Gasteiger partial charge on any atom is 0.539 e. The van der Waals surface area contributed by atoms with E-state index in [1.807, 2.05) is 0 Å². The number of halogens is 17. The second-order valence-corrected chi connectivity index (χ2v) is 16.8. The van der Waals surface area contributed by atoms with Crippen molar-refractivity contribution in [2.45, 2.75) is 47.0 Å². The summed E-state index contributed by atoms with van der Waals surface area (Å²) in [5.41, 5.74) is -0.428. The number of carbonyl (C=O) groups is 4. The van der Waals surface area contributed by atoms with E-state index >= 15 is 8.78 Å². The molecule has 0 radical (unpaired) electrons. The molecule has 2 heterocycles. The average Bonchev–Trinajstić information content (AvgIpc) is 3.15. The summed E-state index contributed by atoms with van der Waals surface area (Å²) in [7, 11) is -7.71. The van der Waals surface area contributed by atoms with E-state index in [1.54, 1.807) is 0 Å². The Balaban J connectivity index is 2.71. The molecule has 0 spiro atoms. The molecular weight excluding hydrogens is 975 g/mol. The molecule has 0 bridgehead atoms. The van der Waals surface area contributed by atoms with Crippen molar-refractivity contribution in [2.75, 3.05) is 104 Å². The summed E-state index contributed by atoms with van der Waals surface area (Å²) in [5, 5.41) is 35.0. The van der Waals surface area contributed by atoms with Crippen LogP contribution in [-0.2, 0) is 29.0 Å². The molecule has 0 aromatic rings. The minimum absolute atomic E-state index is 0.0574. The van der Waals surface area contributed by atoms with Gasteiger partial charge < -0.3 is 30.2 Å². The van der Waals surface area contributed by atoms with E-state index in [0.29, 0.717) is 0 Å². The Hall–Kier alpha value is -4.15. The van der Waals surface area contributed by atoms with Crippen LogP contribution in [0.2, 0.25) is 0 Å². The van der Waals surface area contributed by atoms with Gasteiger partial charge in [0.05, 0.1) is 52.4 Å². The van der Waals surface area contributed by atoms with E-state index in [9.17, 15) is 119 Å². The molecule has 1 unspecified atom stereocenters. The number of quaternary nitrogens is 2. The minimum atomic E-state index is -9.09. The smallest absolute Gasteiger partial charge is 0.480 e. The molecule has 5 N–H and O–H groups in total. The van der Waals surface area contributed by atoms with Crippen LogP contribution in [0.25, 0.3) is 0 Å². The number of nitrogens with zero attached hydrogens (tertiary/aromatic N) is 5. The van der Waals surface area contributed by atoms with Crippen LogP contribution in [0.5, 0.6) is 0 Å². The maximum atomic E-state index is 15.1. The molecule has 1 atom stereocenters. The highest BCUT2D eigenvalue weighted by molar-refractivity contribution is 7.92. The number of amides is 1. The zero-order chi connectivity index (χ0) is 50.8. The molecule has 0 saturated carbocycles. The van der Waals surface area contributed by atoms with Gasteiger partial charge in [-0.15, -0.1) is 9.60 Å². The molecule has 0 aromatic heterocycles. The van der Waals surface area contributed by atoms with Gasteiger partial charge in [0.15, 0.2) is 12.5 Å². The number of hydrogen-bond donors (Lipinski definition) is 5. The maximum absolute atomic E-state index is 15.1. The number of piperazine rings is 1. The van der Waals surface area contributed by atoms with Crippen molar-refractivity contribution >= 4 is 39.8 Å². The molecule has 35 heteroatoms. The fourth-order valence-electron chi connectivity index (χ4n) is 6.71. The van der Waals surface area contributed by atoms with Gasteiger partial charge >= 0.3 is 71.0 Å². The number of nitrogens with one attached hydrogen (secondary N) is 1. The second kappa shape index (κ2) is 19.2. The van der Waals surface area contributed by atoms with Gasteiger partial charge in [-0.1, -0.05) is 0 Å². The highest BCUT2D eigenvalue weighted by Gasteiger charge is 2.96. The first-order valence-corrected chi connectivity index (χ1v) is 19.5. The zero-order valence-electron chi connectivity index (χ0n) is 32.5. The monoisotopic (exact) mass is 1010 g/mol. The Morgan fingerprint density at radius 3 is 1.38 bits per heavy atom. The van der Waals surface area contributed by atoms with Crippen LogP contribution in [0.15, 0.2) is 5.70 Å². The number of rotatable bonds is 17. The molecule has 2 fully saturated rings. The fraction of sp³-hybridized carbons (Fsp3) is 0.800. The molecule has 0 aliphatic carbocycles. The highest BCUT2D eigenvalue weighted by atomic mass is 32.2. The number of alkyl halides is 17. The Kier molecular flexibility index (Phi) is 16.8. The predicted octanol–water partition coefficient (Wildman–Crippen LogP) is 2.09. The highest BCUT2D eigenvalue weighted by Crippen LogP contribution is 2.64. The third kappa shape index (κ3) is 10.5. The Morgan fingerprint density at radius 2 is 1.02 bits per heavy atom. The van der Waals surface area contributed by atoms with E-state index in [2.05, 4.69) is 5.32 Å². The summed E-state index contributed by atoms with van der Waals surface area (Å²) in [6.45, 7) is -12.4. The van der Waals surface area contributed by atoms with Gasteiger partial charge in [-0.2, -0.15) is 79.4 Å². The van der Waals surface area contributed by atoms with Crippen molar-refractivity contribution in [1.82, 2.24) is 20.1 Å². The van der Waals surface area contributed by atoms with Crippen molar-refractivity contribution in [3.63, 3.8) is 0 Å². The fourth-order valence-corrected chi connectivity index (χ4v) is 8.11. The van der Waals surface area contributed by atoms with Gasteiger partial charge in [-0.25, -0.2) is 18.0 Å². The summed E-state index contributed by atoms with van der Waals surface area (Å²) >= 11 is 0. The largest absolute Gasteiger partial charge is 0.539 e. The second-order valence-electron chi connectivity index (χ2n) is 14.6. The Morgan fingerprint density at radius 1 is 0.600 bits per heavy atom. The molecule has 2 rings (SSSR count). The summed E-state index contributed by atoms with van der Waals surface area (Å²) in [6, 6.07) is 0. The van der Waals surface area contributed by atoms with Crippen LogP contribution in [0.3, 0.4) is 0 Å². The molecule has 1 amide bonds. The molecule has 376 valence electrons. The third-order valence-electron chi connectivity index (χ3n) is 10.5. The van der Waals surface area contributed by atoms with Gasteiger partial charge in [0.25, 0.3) is 0 Å². The van der Waals surface area contributed by atoms with Gasteiger partial charge in [0.1, 0.15) is 12.3 Å². The zero-order valence-corrected chi connectivity index (χ0v) is 33.3. The molecule has 2 saturated heterocycles. The summed E-state index contributed by atoms with van der Waals surface area (Å²) in [6.07, 6.45) is -9.70. The van der Waals surface area contributed by atoms with Gasteiger partial charge in [-0.05, 0) is 0 Å². The summed E-state index contributed by atoms with van der Waals surface area (Å²) < 4.78 is 259. The van der Waals surface area contributed by atoms with Crippen LogP contribution in [0.1, 0.15) is 0 Å². The molecule has 2 aliphatic rings. The van der Waals surface area contributed by atoms with Gasteiger partial charge in [0.2, 0.25) is 15.5 Å². The molecular formula is C30H37F17N6O11S+2. The number of carboxylic acid groups (broad SMARTS) is 4. The number of carbonyl (C=O) groups excluding carboxylic acids is 1. The first kappa shape index (κ1) is 57.0. The van der Waals surface area contributed by atoms with E-state index in [1.165, 1.54) is 5.94 Å².